The highest BCUT2D eigenvalue weighted by Crippen LogP contribution is 2.29. The van der Waals surface area contributed by atoms with Gasteiger partial charge in [0, 0.05) is 0 Å². The summed E-state index contributed by atoms with van der Waals surface area (Å²) in [5.41, 5.74) is 0.423. The Hall–Kier alpha value is -2.80. The fraction of sp³-hybridized carbons (Fsp3) is 0.263. The standard InChI is InChI=1S/C19H19ClFNO5/c1-11(2)27-16-7-4-12(8-17(16)25-3)19(24)26-10-18(23)22-15-6-5-13(21)9-14(15)20/h4-9,11H,10H2,1-3H3,(H,22,23). The largest absolute Gasteiger partial charge is 0.493 e. The first-order valence-corrected chi connectivity index (χ1v) is 8.44. The molecular formula is C19H19ClFNO5. The number of ether oxygens (including phenoxy) is 3. The van der Waals surface area contributed by atoms with E-state index in [-0.39, 0.29) is 22.4 Å². The highest BCUT2D eigenvalue weighted by Gasteiger charge is 2.15. The minimum absolute atomic E-state index is 0.0418. The second-order valence-electron chi connectivity index (χ2n) is 5.78. The molecule has 0 saturated carbocycles. The average Bonchev–Trinajstić information content (AvgIpc) is 2.62. The summed E-state index contributed by atoms with van der Waals surface area (Å²) in [6.07, 6.45) is -0.0568. The quantitative estimate of drug-likeness (QED) is 0.715. The fourth-order valence-electron chi connectivity index (χ4n) is 2.14. The molecule has 0 aromatic heterocycles. The smallest absolute Gasteiger partial charge is 0.338 e. The SMILES string of the molecule is COc1cc(C(=O)OCC(=O)Nc2ccc(F)cc2Cl)ccc1OC(C)C. The second kappa shape index (κ2) is 9.23. The molecule has 2 rings (SSSR count). The van der Waals surface area contributed by atoms with Crippen molar-refractivity contribution in [1.82, 2.24) is 0 Å². The van der Waals surface area contributed by atoms with Crippen LogP contribution in [0.2, 0.25) is 5.02 Å². The zero-order chi connectivity index (χ0) is 20.0. The summed E-state index contributed by atoms with van der Waals surface area (Å²) in [7, 11) is 1.46. The Morgan fingerprint density at radius 3 is 2.52 bits per heavy atom. The highest BCUT2D eigenvalue weighted by atomic mass is 35.5. The maximum absolute atomic E-state index is 13.0. The molecule has 1 N–H and O–H groups in total. The third kappa shape index (κ3) is 5.86. The molecule has 6 nitrogen and oxygen atoms in total. The van der Waals surface area contributed by atoms with Crippen LogP contribution in [-0.2, 0) is 9.53 Å². The molecule has 0 atom stereocenters. The lowest BCUT2D eigenvalue weighted by atomic mass is 10.2. The Labute approximate surface area is 161 Å². The molecule has 1 amide bonds. The predicted octanol–water partition coefficient (Wildman–Crippen LogP) is 4.07. The molecule has 2 aromatic rings. The van der Waals surface area contributed by atoms with Crippen molar-refractivity contribution in [2.24, 2.45) is 0 Å². The molecule has 2 aromatic carbocycles. The van der Waals surface area contributed by atoms with Gasteiger partial charge in [0.1, 0.15) is 5.82 Å². The van der Waals surface area contributed by atoms with Crippen molar-refractivity contribution in [3.05, 3.63) is 52.8 Å². The van der Waals surface area contributed by atoms with Gasteiger partial charge in [-0.3, -0.25) is 4.79 Å². The normalized spacial score (nSPS) is 10.4. The Bertz CT molecular complexity index is 841. The van der Waals surface area contributed by atoms with Crippen LogP contribution in [0.3, 0.4) is 0 Å². The van der Waals surface area contributed by atoms with Crippen molar-refractivity contribution in [2.45, 2.75) is 20.0 Å². The van der Waals surface area contributed by atoms with E-state index in [1.807, 2.05) is 13.8 Å². The van der Waals surface area contributed by atoms with E-state index in [4.69, 9.17) is 25.8 Å². The van der Waals surface area contributed by atoms with Crippen LogP contribution in [0.25, 0.3) is 0 Å². The highest BCUT2D eigenvalue weighted by molar-refractivity contribution is 6.33. The lowest BCUT2D eigenvalue weighted by Crippen LogP contribution is -2.21. The van der Waals surface area contributed by atoms with Crippen LogP contribution in [-0.4, -0.2) is 31.7 Å². The molecule has 0 saturated heterocycles. The summed E-state index contributed by atoms with van der Waals surface area (Å²) in [4.78, 5) is 24.0. The molecule has 0 aliphatic heterocycles. The van der Waals surface area contributed by atoms with Crippen molar-refractivity contribution >= 4 is 29.2 Å². The van der Waals surface area contributed by atoms with Crippen molar-refractivity contribution < 1.29 is 28.2 Å². The fourth-order valence-corrected chi connectivity index (χ4v) is 2.35. The zero-order valence-electron chi connectivity index (χ0n) is 15.0. The number of carbonyl (C=O) groups is 2. The Kier molecular flexibility index (Phi) is 7.01. The Balaban J connectivity index is 1.97. The molecule has 0 radical (unpaired) electrons. The summed E-state index contributed by atoms with van der Waals surface area (Å²) in [6.45, 7) is 3.21. The molecule has 0 aliphatic rings. The minimum Gasteiger partial charge on any atom is -0.493 e. The van der Waals surface area contributed by atoms with E-state index in [2.05, 4.69) is 5.32 Å². The van der Waals surface area contributed by atoms with E-state index in [9.17, 15) is 14.0 Å². The van der Waals surface area contributed by atoms with Crippen LogP contribution >= 0.6 is 11.6 Å². The van der Waals surface area contributed by atoms with Crippen molar-refractivity contribution in [1.29, 1.82) is 0 Å². The third-order valence-electron chi connectivity index (χ3n) is 3.30. The number of hydrogen-bond acceptors (Lipinski definition) is 5. The van der Waals surface area contributed by atoms with E-state index >= 15 is 0 Å². The zero-order valence-corrected chi connectivity index (χ0v) is 15.8. The average molecular weight is 396 g/mol. The first-order valence-electron chi connectivity index (χ1n) is 8.07. The van der Waals surface area contributed by atoms with Gasteiger partial charge in [0.05, 0.1) is 29.5 Å². The predicted molar refractivity (Wildman–Crippen MR) is 99.1 cm³/mol. The second-order valence-corrected chi connectivity index (χ2v) is 6.19. The molecule has 8 heteroatoms. The van der Waals surface area contributed by atoms with Crippen LogP contribution in [0.5, 0.6) is 11.5 Å². The van der Waals surface area contributed by atoms with Crippen LogP contribution in [0.15, 0.2) is 36.4 Å². The van der Waals surface area contributed by atoms with Crippen LogP contribution in [0, 0.1) is 5.82 Å². The number of anilines is 1. The molecule has 0 unspecified atom stereocenters. The lowest BCUT2D eigenvalue weighted by Gasteiger charge is -2.14. The summed E-state index contributed by atoms with van der Waals surface area (Å²) in [6, 6.07) is 8.10. The van der Waals surface area contributed by atoms with Gasteiger partial charge in [0.2, 0.25) is 0 Å². The topological polar surface area (TPSA) is 73.9 Å². The van der Waals surface area contributed by atoms with Crippen molar-refractivity contribution in [2.75, 3.05) is 19.0 Å². The van der Waals surface area contributed by atoms with Gasteiger partial charge in [0.15, 0.2) is 18.1 Å². The number of halogens is 2. The number of hydrogen-bond donors (Lipinski definition) is 1. The summed E-state index contributed by atoms with van der Waals surface area (Å²) in [5.74, 6) is -0.968. The van der Waals surface area contributed by atoms with Gasteiger partial charge in [-0.1, -0.05) is 11.6 Å². The Morgan fingerprint density at radius 1 is 1.15 bits per heavy atom. The van der Waals surface area contributed by atoms with E-state index in [1.54, 1.807) is 6.07 Å². The number of esters is 1. The van der Waals surface area contributed by atoms with Gasteiger partial charge in [0.25, 0.3) is 5.91 Å². The minimum atomic E-state index is -0.704. The van der Waals surface area contributed by atoms with Gasteiger partial charge in [-0.2, -0.15) is 0 Å². The van der Waals surface area contributed by atoms with Gasteiger partial charge in [-0.15, -0.1) is 0 Å². The maximum Gasteiger partial charge on any atom is 0.338 e. The van der Waals surface area contributed by atoms with E-state index < -0.39 is 24.3 Å². The summed E-state index contributed by atoms with van der Waals surface area (Å²) >= 11 is 5.83. The van der Waals surface area contributed by atoms with Gasteiger partial charge in [-0.05, 0) is 50.2 Å². The number of nitrogens with one attached hydrogen (secondary N) is 1. The van der Waals surface area contributed by atoms with Gasteiger partial charge in [-0.25, -0.2) is 9.18 Å². The first kappa shape index (κ1) is 20.5. The van der Waals surface area contributed by atoms with Crippen molar-refractivity contribution in [3.63, 3.8) is 0 Å². The summed E-state index contributed by atoms with van der Waals surface area (Å²) < 4.78 is 28.8. The summed E-state index contributed by atoms with van der Waals surface area (Å²) in [5, 5.41) is 2.48. The van der Waals surface area contributed by atoms with Crippen LogP contribution in [0.4, 0.5) is 10.1 Å². The lowest BCUT2D eigenvalue weighted by molar-refractivity contribution is -0.119. The Morgan fingerprint density at radius 2 is 1.89 bits per heavy atom. The van der Waals surface area contributed by atoms with Crippen molar-refractivity contribution in [3.8, 4) is 11.5 Å². The molecule has 0 fully saturated rings. The van der Waals surface area contributed by atoms with Crippen LogP contribution < -0.4 is 14.8 Å². The molecule has 27 heavy (non-hydrogen) atoms. The number of methoxy groups -OCH3 is 1. The molecule has 0 heterocycles. The van der Waals surface area contributed by atoms with Gasteiger partial charge >= 0.3 is 5.97 Å². The molecule has 144 valence electrons. The number of benzene rings is 2. The van der Waals surface area contributed by atoms with E-state index in [0.29, 0.717) is 11.5 Å². The molecule has 0 spiro atoms. The number of carbonyl (C=O) groups excluding carboxylic acids is 2. The molecule has 0 aliphatic carbocycles. The monoisotopic (exact) mass is 395 g/mol. The van der Waals surface area contributed by atoms with Crippen LogP contribution in [0.1, 0.15) is 24.2 Å². The van der Waals surface area contributed by atoms with Gasteiger partial charge < -0.3 is 19.5 Å². The third-order valence-corrected chi connectivity index (χ3v) is 3.61. The number of rotatable bonds is 7. The maximum atomic E-state index is 13.0. The van der Waals surface area contributed by atoms with E-state index in [1.165, 1.54) is 25.3 Å². The first-order chi connectivity index (χ1) is 12.8. The molecular weight excluding hydrogens is 377 g/mol. The number of amides is 1. The molecule has 0 bridgehead atoms. The van der Waals surface area contributed by atoms with E-state index in [0.717, 1.165) is 12.1 Å².